The van der Waals surface area contributed by atoms with Crippen molar-refractivity contribution in [3.05, 3.63) is 54.4 Å². The molecule has 0 unspecified atom stereocenters. The van der Waals surface area contributed by atoms with E-state index in [0.29, 0.717) is 13.2 Å². The molecule has 4 heteroatoms. The predicted molar refractivity (Wildman–Crippen MR) is 83.8 cm³/mol. The summed E-state index contributed by atoms with van der Waals surface area (Å²) in [6, 6.07) is 12.0. The number of rotatable bonds is 8. The van der Waals surface area contributed by atoms with Crippen molar-refractivity contribution >= 4 is 0 Å². The van der Waals surface area contributed by atoms with Gasteiger partial charge in [-0.2, -0.15) is 0 Å². The summed E-state index contributed by atoms with van der Waals surface area (Å²) in [5, 5.41) is 3.41. The summed E-state index contributed by atoms with van der Waals surface area (Å²) in [7, 11) is 0. The maximum absolute atomic E-state index is 5.77. The van der Waals surface area contributed by atoms with Gasteiger partial charge in [0.15, 0.2) is 11.5 Å². The molecule has 1 heterocycles. The molecule has 0 saturated heterocycles. The van der Waals surface area contributed by atoms with Crippen LogP contribution in [0.25, 0.3) is 0 Å². The van der Waals surface area contributed by atoms with Gasteiger partial charge in [-0.3, -0.25) is 4.98 Å². The molecular weight excluding hydrogens is 264 g/mol. The summed E-state index contributed by atoms with van der Waals surface area (Å²) < 4.78 is 11.3. The lowest BCUT2D eigenvalue weighted by Crippen LogP contribution is -2.24. The van der Waals surface area contributed by atoms with E-state index in [9.17, 15) is 0 Å². The summed E-state index contributed by atoms with van der Waals surface area (Å²) in [4.78, 5) is 4.13. The molecule has 1 aromatic heterocycles. The van der Waals surface area contributed by atoms with Gasteiger partial charge in [0.1, 0.15) is 6.61 Å². The van der Waals surface area contributed by atoms with E-state index < -0.39 is 0 Å². The predicted octanol–water partition coefficient (Wildman–Crippen LogP) is 3.21. The van der Waals surface area contributed by atoms with Crippen LogP contribution in [0.15, 0.2) is 48.8 Å². The minimum Gasteiger partial charge on any atom is -0.490 e. The van der Waals surface area contributed by atoms with Gasteiger partial charge in [-0.1, -0.05) is 18.2 Å². The van der Waals surface area contributed by atoms with Crippen molar-refractivity contribution in [1.29, 1.82) is 0 Å². The zero-order chi connectivity index (χ0) is 14.9. The number of benzene rings is 1. The van der Waals surface area contributed by atoms with Gasteiger partial charge in [0.2, 0.25) is 0 Å². The molecule has 0 aliphatic heterocycles. The van der Waals surface area contributed by atoms with E-state index in [1.165, 1.54) is 5.56 Å². The molecule has 112 valence electrons. The summed E-state index contributed by atoms with van der Waals surface area (Å²) in [5.74, 6) is 1.58. The molecule has 1 aromatic carbocycles. The summed E-state index contributed by atoms with van der Waals surface area (Å²) >= 11 is 0. The van der Waals surface area contributed by atoms with Crippen molar-refractivity contribution in [3.63, 3.8) is 0 Å². The van der Waals surface area contributed by atoms with Crippen LogP contribution in [-0.4, -0.2) is 24.7 Å². The van der Waals surface area contributed by atoms with Gasteiger partial charge in [0.25, 0.3) is 0 Å². The number of nitrogens with zero attached hydrogens (tertiary/aromatic N) is 1. The van der Waals surface area contributed by atoms with Crippen LogP contribution in [0.5, 0.6) is 11.5 Å². The highest BCUT2D eigenvalue weighted by Gasteiger charge is 2.05. The minimum absolute atomic E-state index is 0.254. The Morgan fingerprint density at radius 3 is 2.52 bits per heavy atom. The highest BCUT2D eigenvalue weighted by atomic mass is 16.5. The summed E-state index contributed by atoms with van der Waals surface area (Å²) in [6.45, 7) is 6.07. The second-order valence-electron chi connectivity index (χ2n) is 4.69. The van der Waals surface area contributed by atoms with Gasteiger partial charge in [-0.05, 0) is 37.6 Å². The molecule has 1 atom stereocenters. The highest BCUT2D eigenvalue weighted by molar-refractivity contribution is 5.39. The third kappa shape index (κ3) is 4.76. The Labute approximate surface area is 126 Å². The number of aromatic nitrogens is 1. The molecule has 21 heavy (non-hydrogen) atoms. The number of nitrogens with one attached hydrogen (secondary N) is 1. The molecule has 2 rings (SSSR count). The number of ether oxygens (including phenoxy) is 2. The normalized spacial score (nSPS) is 11.9. The van der Waals surface area contributed by atoms with Crippen LogP contribution in [-0.2, 0) is 0 Å². The zero-order valence-corrected chi connectivity index (χ0v) is 12.6. The SMILES string of the molecule is CCOc1ccccc1OCCN[C@H](C)c1cccnc1. The average Bonchev–Trinajstić information content (AvgIpc) is 2.54. The number of pyridine rings is 1. The third-order valence-electron chi connectivity index (χ3n) is 3.14. The van der Waals surface area contributed by atoms with Crippen LogP contribution >= 0.6 is 0 Å². The van der Waals surface area contributed by atoms with Gasteiger partial charge in [-0.25, -0.2) is 0 Å². The number of hydrogen-bond acceptors (Lipinski definition) is 4. The molecule has 0 saturated carbocycles. The maximum Gasteiger partial charge on any atom is 0.161 e. The fraction of sp³-hybridized carbons (Fsp3) is 0.353. The third-order valence-corrected chi connectivity index (χ3v) is 3.14. The largest absolute Gasteiger partial charge is 0.490 e. The molecule has 0 amide bonds. The van der Waals surface area contributed by atoms with Crippen LogP contribution in [0.2, 0.25) is 0 Å². The fourth-order valence-electron chi connectivity index (χ4n) is 2.03. The lowest BCUT2D eigenvalue weighted by atomic mass is 10.1. The van der Waals surface area contributed by atoms with Gasteiger partial charge < -0.3 is 14.8 Å². The number of para-hydroxylation sites is 2. The van der Waals surface area contributed by atoms with E-state index in [2.05, 4.69) is 23.3 Å². The first-order valence-electron chi connectivity index (χ1n) is 7.29. The Kier molecular flexibility index (Phi) is 6.03. The Bertz CT molecular complexity index is 531. The quantitative estimate of drug-likeness (QED) is 0.757. The van der Waals surface area contributed by atoms with Crippen molar-refractivity contribution < 1.29 is 9.47 Å². The second kappa shape index (κ2) is 8.27. The molecule has 2 aromatic rings. The van der Waals surface area contributed by atoms with Gasteiger partial charge >= 0.3 is 0 Å². The molecule has 0 radical (unpaired) electrons. The van der Waals surface area contributed by atoms with Crippen LogP contribution in [0.4, 0.5) is 0 Å². The molecule has 4 nitrogen and oxygen atoms in total. The lowest BCUT2D eigenvalue weighted by molar-refractivity contribution is 0.273. The molecule has 1 N–H and O–H groups in total. The van der Waals surface area contributed by atoms with E-state index in [-0.39, 0.29) is 6.04 Å². The monoisotopic (exact) mass is 286 g/mol. The van der Waals surface area contributed by atoms with Crippen LogP contribution < -0.4 is 14.8 Å². The van der Waals surface area contributed by atoms with Gasteiger partial charge in [0.05, 0.1) is 6.61 Å². The smallest absolute Gasteiger partial charge is 0.161 e. The van der Waals surface area contributed by atoms with E-state index in [0.717, 1.165) is 18.0 Å². The maximum atomic E-state index is 5.77. The second-order valence-corrected chi connectivity index (χ2v) is 4.69. The van der Waals surface area contributed by atoms with E-state index in [1.54, 1.807) is 6.20 Å². The molecule has 0 aliphatic rings. The Hall–Kier alpha value is -2.07. The fourth-order valence-corrected chi connectivity index (χ4v) is 2.03. The Balaban J connectivity index is 1.77. The van der Waals surface area contributed by atoms with Crippen molar-refractivity contribution in [3.8, 4) is 11.5 Å². The zero-order valence-electron chi connectivity index (χ0n) is 12.6. The van der Waals surface area contributed by atoms with Gasteiger partial charge in [0, 0.05) is 25.0 Å². The van der Waals surface area contributed by atoms with E-state index in [4.69, 9.17) is 9.47 Å². The first-order chi connectivity index (χ1) is 10.3. The Morgan fingerprint density at radius 2 is 1.86 bits per heavy atom. The minimum atomic E-state index is 0.254. The lowest BCUT2D eigenvalue weighted by Gasteiger charge is -2.15. The Morgan fingerprint density at radius 1 is 1.10 bits per heavy atom. The molecular formula is C17H22N2O2. The molecule has 0 aliphatic carbocycles. The van der Waals surface area contributed by atoms with Crippen molar-refractivity contribution in [2.75, 3.05) is 19.8 Å². The van der Waals surface area contributed by atoms with Gasteiger partial charge in [-0.15, -0.1) is 0 Å². The molecule has 0 spiro atoms. The van der Waals surface area contributed by atoms with E-state index in [1.807, 2.05) is 43.5 Å². The molecule has 0 bridgehead atoms. The standard InChI is InChI=1S/C17H22N2O2/c1-3-20-16-8-4-5-9-17(16)21-12-11-19-14(2)15-7-6-10-18-13-15/h4-10,13-14,19H,3,11-12H2,1-2H3/t14-/m1/s1. The first kappa shape index (κ1) is 15.3. The number of hydrogen-bond donors (Lipinski definition) is 1. The van der Waals surface area contributed by atoms with Crippen molar-refractivity contribution in [1.82, 2.24) is 10.3 Å². The van der Waals surface area contributed by atoms with E-state index >= 15 is 0 Å². The van der Waals surface area contributed by atoms with Crippen molar-refractivity contribution in [2.24, 2.45) is 0 Å². The highest BCUT2D eigenvalue weighted by Crippen LogP contribution is 2.26. The van der Waals surface area contributed by atoms with Crippen molar-refractivity contribution in [2.45, 2.75) is 19.9 Å². The van der Waals surface area contributed by atoms with Crippen LogP contribution in [0.1, 0.15) is 25.5 Å². The van der Waals surface area contributed by atoms with Crippen LogP contribution in [0.3, 0.4) is 0 Å². The van der Waals surface area contributed by atoms with Crippen LogP contribution in [0, 0.1) is 0 Å². The first-order valence-corrected chi connectivity index (χ1v) is 7.29. The topological polar surface area (TPSA) is 43.4 Å². The molecule has 0 fully saturated rings. The average molecular weight is 286 g/mol. The summed E-state index contributed by atoms with van der Waals surface area (Å²) in [5.41, 5.74) is 1.17. The summed E-state index contributed by atoms with van der Waals surface area (Å²) in [6.07, 6.45) is 3.66.